The van der Waals surface area contributed by atoms with Gasteiger partial charge in [0.05, 0.1) is 27.7 Å². The van der Waals surface area contributed by atoms with E-state index < -0.39 is 28.0 Å². The minimum atomic E-state index is -4.06. The lowest BCUT2D eigenvalue weighted by molar-refractivity contribution is -0.117. The van der Waals surface area contributed by atoms with Gasteiger partial charge in [0.1, 0.15) is 11.8 Å². The Bertz CT molecular complexity index is 1340. The standard InChI is InChI=1S/C23H22Cl2N4O5S/c1-34-21-10-7-15(12-19(21)29-35(32,33)16-8-9-17(24)18(25)13-16)27-22(30)20(28-23(26)31)11-14-5-3-2-4-6-14/h2-10,12-13,20,29H,11H2,1H3,(H,27,30)(H3,26,28,31)/t20-/m0/s1. The summed E-state index contributed by atoms with van der Waals surface area (Å²) in [6.45, 7) is 0. The zero-order valence-corrected chi connectivity index (χ0v) is 20.7. The van der Waals surface area contributed by atoms with Gasteiger partial charge in [-0.25, -0.2) is 13.2 Å². The highest BCUT2D eigenvalue weighted by molar-refractivity contribution is 7.92. The van der Waals surface area contributed by atoms with Gasteiger partial charge in [0.15, 0.2) is 0 Å². The fraction of sp³-hybridized carbons (Fsp3) is 0.130. The largest absolute Gasteiger partial charge is 0.495 e. The molecule has 9 nitrogen and oxygen atoms in total. The smallest absolute Gasteiger partial charge is 0.312 e. The topological polar surface area (TPSA) is 140 Å². The van der Waals surface area contributed by atoms with Crippen LogP contribution in [0.1, 0.15) is 5.56 Å². The molecule has 1 atom stereocenters. The van der Waals surface area contributed by atoms with Crippen LogP contribution in [0.15, 0.2) is 71.6 Å². The zero-order valence-electron chi connectivity index (χ0n) is 18.4. The number of halogens is 2. The first-order valence-electron chi connectivity index (χ1n) is 10.2. The summed E-state index contributed by atoms with van der Waals surface area (Å²) in [6, 6.07) is 15.5. The highest BCUT2D eigenvalue weighted by Gasteiger charge is 2.22. The van der Waals surface area contributed by atoms with Gasteiger partial charge < -0.3 is 21.1 Å². The normalized spacial score (nSPS) is 11.9. The van der Waals surface area contributed by atoms with Gasteiger partial charge in [-0.05, 0) is 42.0 Å². The molecule has 3 rings (SSSR count). The van der Waals surface area contributed by atoms with Crippen LogP contribution in [0.3, 0.4) is 0 Å². The molecule has 0 unspecified atom stereocenters. The SMILES string of the molecule is COc1ccc(NC(=O)[C@H](Cc2ccccc2)NC(N)=O)cc1NS(=O)(=O)c1ccc(Cl)c(Cl)c1. The predicted molar refractivity (Wildman–Crippen MR) is 136 cm³/mol. The number of urea groups is 1. The molecule has 12 heteroatoms. The van der Waals surface area contributed by atoms with E-state index in [0.29, 0.717) is 0 Å². The van der Waals surface area contributed by atoms with Crippen molar-refractivity contribution in [3.63, 3.8) is 0 Å². The van der Waals surface area contributed by atoms with Crippen LogP contribution in [0, 0.1) is 0 Å². The number of benzene rings is 3. The molecular formula is C23H22Cl2N4O5S. The molecule has 3 amide bonds. The number of hydrogen-bond acceptors (Lipinski definition) is 5. The average Bonchev–Trinajstić information content (AvgIpc) is 2.80. The number of hydrogen-bond donors (Lipinski definition) is 4. The first kappa shape index (κ1) is 26.1. The molecular weight excluding hydrogens is 515 g/mol. The number of sulfonamides is 1. The maximum atomic E-state index is 12.9. The summed E-state index contributed by atoms with van der Waals surface area (Å²) in [7, 11) is -2.69. The Morgan fingerprint density at radius 2 is 1.71 bits per heavy atom. The van der Waals surface area contributed by atoms with Crippen molar-refractivity contribution in [2.24, 2.45) is 5.73 Å². The highest BCUT2D eigenvalue weighted by atomic mass is 35.5. The van der Waals surface area contributed by atoms with E-state index in [1.54, 1.807) is 0 Å². The third-order valence-electron chi connectivity index (χ3n) is 4.83. The molecule has 0 heterocycles. The minimum Gasteiger partial charge on any atom is -0.495 e. The summed E-state index contributed by atoms with van der Waals surface area (Å²) in [5, 5.41) is 5.37. The van der Waals surface area contributed by atoms with Crippen LogP contribution in [0.2, 0.25) is 10.0 Å². The van der Waals surface area contributed by atoms with E-state index in [0.717, 1.165) is 5.56 Å². The molecule has 0 aliphatic carbocycles. The Morgan fingerprint density at radius 1 is 1.00 bits per heavy atom. The van der Waals surface area contributed by atoms with Crippen LogP contribution < -0.4 is 25.8 Å². The minimum absolute atomic E-state index is 0.0684. The van der Waals surface area contributed by atoms with Crippen molar-refractivity contribution in [1.82, 2.24) is 5.32 Å². The number of ether oxygens (including phenoxy) is 1. The van der Waals surface area contributed by atoms with Crippen LogP contribution in [-0.4, -0.2) is 33.5 Å². The van der Waals surface area contributed by atoms with E-state index in [1.807, 2.05) is 30.3 Å². The van der Waals surface area contributed by atoms with Crippen LogP contribution in [0.4, 0.5) is 16.2 Å². The fourth-order valence-corrected chi connectivity index (χ4v) is 4.62. The molecule has 0 radical (unpaired) electrons. The predicted octanol–water partition coefficient (Wildman–Crippen LogP) is 4.02. The maximum absolute atomic E-state index is 12.9. The monoisotopic (exact) mass is 536 g/mol. The van der Waals surface area contributed by atoms with Crippen molar-refractivity contribution < 1.29 is 22.7 Å². The summed E-state index contributed by atoms with van der Waals surface area (Å²) in [5.41, 5.74) is 6.38. The summed E-state index contributed by atoms with van der Waals surface area (Å²) < 4.78 is 33.4. The zero-order chi connectivity index (χ0) is 25.6. The third kappa shape index (κ3) is 7.01. The third-order valence-corrected chi connectivity index (χ3v) is 6.93. The van der Waals surface area contributed by atoms with Crippen LogP contribution >= 0.6 is 23.2 Å². The number of amides is 3. The molecule has 0 aliphatic rings. The number of methoxy groups -OCH3 is 1. The highest BCUT2D eigenvalue weighted by Crippen LogP contribution is 2.31. The summed E-state index contributed by atoms with van der Waals surface area (Å²) in [6.07, 6.45) is 0.197. The van der Waals surface area contributed by atoms with Crippen LogP contribution in [0.5, 0.6) is 5.75 Å². The number of rotatable bonds is 9. The summed E-state index contributed by atoms with van der Waals surface area (Å²) >= 11 is 11.8. The lowest BCUT2D eigenvalue weighted by atomic mass is 10.1. The molecule has 0 bridgehead atoms. The molecule has 0 saturated carbocycles. The van der Waals surface area contributed by atoms with Gasteiger partial charge >= 0.3 is 6.03 Å². The fourth-order valence-electron chi connectivity index (χ4n) is 3.17. The molecule has 0 fully saturated rings. The first-order chi connectivity index (χ1) is 16.6. The van der Waals surface area contributed by atoms with E-state index in [2.05, 4.69) is 15.4 Å². The van der Waals surface area contributed by atoms with Gasteiger partial charge in [-0.15, -0.1) is 0 Å². The van der Waals surface area contributed by atoms with Crippen molar-refractivity contribution in [1.29, 1.82) is 0 Å². The molecule has 5 N–H and O–H groups in total. The van der Waals surface area contributed by atoms with Gasteiger partial charge in [-0.2, -0.15) is 0 Å². The Labute approximate surface area is 212 Å². The Morgan fingerprint density at radius 3 is 2.34 bits per heavy atom. The van der Waals surface area contributed by atoms with Crippen LogP contribution in [-0.2, 0) is 21.2 Å². The number of anilines is 2. The lowest BCUT2D eigenvalue weighted by Gasteiger charge is -2.19. The number of primary amides is 1. The second-order valence-electron chi connectivity index (χ2n) is 7.34. The molecule has 0 aromatic heterocycles. The molecule has 35 heavy (non-hydrogen) atoms. The Hall–Kier alpha value is -3.47. The molecule has 184 valence electrons. The van der Waals surface area contributed by atoms with Crippen LogP contribution in [0.25, 0.3) is 0 Å². The number of nitrogens with two attached hydrogens (primary N) is 1. The quantitative estimate of drug-likeness (QED) is 0.327. The average molecular weight is 537 g/mol. The van der Waals surface area contributed by atoms with Gasteiger partial charge in [0.25, 0.3) is 10.0 Å². The number of carbonyl (C=O) groups is 2. The Kier molecular flexibility index (Phi) is 8.44. The van der Waals surface area contributed by atoms with E-state index >= 15 is 0 Å². The van der Waals surface area contributed by atoms with Gasteiger partial charge in [0.2, 0.25) is 5.91 Å². The van der Waals surface area contributed by atoms with Gasteiger partial charge in [0, 0.05) is 12.1 Å². The molecule has 0 saturated heterocycles. The van der Waals surface area contributed by atoms with Gasteiger partial charge in [-0.3, -0.25) is 9.52 Å². The van der Waals surface area contributed by atoms with Gasteiger partial charge in [-0.1, -0.05) is 53.5 Å². The van der Waals surface area contributed by atoms with Crippen molar-refractivity contribution in [2.45, 2.75) is 17.4 Å². The van der Waals surface area contributed by atoms with E-state index in [9.17, 15) is 18.0 Å². The van der Waals surface area contributed by atoms with Crippen molar-refractivity contribution in [2.75, 3.05) is 17.1 Å². The number of nitrogens with one attached hydrogen (secondary N) is 3. The van der Waals surface area contributed by atoms with E-state index in [-0.39, 0.29) is 38.5 Å². The van der Waals surface area contributed by atoms with Crippen molar-refractivity contribution >= 4 is 56.5 Å². The van der Waals surface area contributed by atoms with E-state index in [1.165, 1.54) is 43.5 Å². The second-order valence-corrected chi connectivity index (χ2v) is 9.83. The number of carbonyl (C=O) groups excluding carboxylic acids is 2. The molecule has 0 aliphatic heterocycles. The molecule has 3 aromatic carbocycles. The first-order valence-corrected chi connectivity index (χ1v) is 12.4. The Balaban J connectivity index is 1.84. The van der Waals surface area contributed by atoms with E-state index in [4.69, 9.17) is 33.7 Å². The molecule has 0 spiro atoms. The van der Waals surface area contributed by atoms with Crippen molar-refractivity contribution in [3.05, 3.63) is 82.3 Å². The molecule has 3 aromatic rings. The lowest BCUT2D eigenvalue weighted by Crippen LogP contribution is -2.47. The summed E-state index contributed by atoms with van der Waals surface area (Å²) in [5.74, 6) is -0.334. The maximum Gasteiger partial charge on any atom is 0.312 e. The summed E-state index contributed by atoms with van der Waals surface area (Å²) in [4.78, 5) is 24.3. The second kappa shape index (κ2) is 11.3. The van der Waals surface area contributed by atoms with Crippen molar-refractivity contribution in [3.8, 4) is 5.75 Å².